The minimum atomic E-state index is -0.366. The molecule has 0 radical (unpaired) electrons. The minimum Gasteiger partial charge on any atom is -0.322 e. The third kappa shape index (κ3) is 2.65. The molecular formula is C22H19N3O3. The molecule has 3 amide bonds. The van der Waals surface area contributed by atoms with Gasteiger partial charge in [-0.05, 0) is 43.2 Å². The van der Waals surface area contributed by atoms with E-state index < -0.39 is 0 Å². The summed E-state index contributed by atoms with van der Waals surface area (Å²) in [5.41, 5.74) is 4.18. The summed E-state index contributed by atoms with van der Waals surface area (Å²) in [6.07, 6.45) is 0.721. The summed E-state index contributed by atoms with van der Waals surface area (Å²) in [7, 11) is 1.45. The molecule has 0 spiro atoms. The maximum Gasteiger partial charge on any atom is 0.261 e. The van der Waals surface area contributed by atoms with Gasteiger partial charge < -0.3 is 5.32 Å². The first-order valence-electron chi connectivity index (χ1n) is 9.08. The smallest absolute Gasteiger partial charge is 0.261 e. The van der Waals surface area contributed by atoms with Crippen molar-refractivity contribution in [2.75, 3.05) is 12.4 Å². The normalized spacial score (nSPS) is 13.2. The number of pyridine rings is 1. The topological polar surface area (TPSA) is 79.4 Å². The summed E-state index contributed by atoms with van der Waals surface area (Å²) in [4.78, 5) is 43.1. The molecule has 3 aromatic rings. The molecule has 4 rings (SSSR count). The van der Waals surface area contributed by atoms with Crippen LogP contribution < -0.4 is 5.32 Å². The predicted molar refractivity (Wildman–Crippen MR) is 107 cm³/mol. The van der Waals surface area contributed by atoms with Crippen LogP contribution in [0.1, 0.15) is 49.3 Å². The van der Waals surface area contributed by atoms with Gasteiger partial charge in [-0.25, -0.2) is 0 Å². The highest BCUT2D eigenvalue weighted by atomic mass is 16.2. The molecule has 2 aromatic carbocycles. The number of anilines is 1. The molecule has 28 heavy (non-hydrogen) atoms. The second kappa shape index (κ2) is 6.56. The molecule has 6 nitrogen and oxygen atoms in total. The van der Waals surface area contributed by atoms with Crippen LogP contribution in [-0.4, -0.2) is 34.7 Å². The van der Waals surface area contributed by atoms with Crippen LogP contribution >= 0.6 is 0 Å². The van der Waals surface area contributed by atoms with E-state index in [9.17, 15) is 14.4 Å². The summed E-state index contributed by atoms with van der Waals surface area (Å²) in [5.74, 6) is -0.966. The molecule has 1 aliphatic rings. The van der Waals surface area contributed by atoms with E-state index in [2.05, 4.69) is 10.3 Å². The molecule has 1 aliphatic heterocycles. The number of nitrogens with zero attached hydrogens (tertiary/aromatic N) is 2. The lowest BCUT2D eigenvalue weighted by atomic mass is 9.99. The fourth-order valence-electron chi connectivity index (χ4n) is 3.63. The lowest BCUT2D eigenvalue weighted by Gasteiger charge is -2.14. The number of nitrogens with one attached hydrogen (secondary N) is 1. The van der Waals surface area contributed by atoms with Crippen LogP contribution in [-0.2, 0) is 6.42 Å². The zero-order valence-electron chi connectivity index (χ0n) is 15.9. The maximum atomic E-state index is 13.1. The molecule has 0 aliphatic carbocycles. The fourth-order valence-corrected chi connectivity index (χ4v) is 3.63. The lowest BCUT2D eigenvalue weighted by Crippen LogP contribution is -2.24. The Morgan fingerprint density at radius 2 is 1.79 bits per heavy atom. The van der Waals surface area contributed by atoms with Gasteiger partial charge >= 0.3 is 0 Å². The van der Waals surface area contributed by atoms with Crippen molar-refractivity contribution in [2.45, 2.75) is 20.3 Å². The molecule has 1 N–H and O–H groups in total. The average Bonchev–Trinajstić information content (AvgIpc) is 2.91. The summed E-state index contributed by atoms with van der Waals surface area (Å²) in [6.45, 7) is 3.90. The highest BCUT2D eigenvalue weighted by Gasteiger charge is 2.32. The highest BCUT2D eigenvalue weighted by Crippen LogP contribution is 2.27. The van der Waals surface area contributed by atoms with Crippen LogP contribution in [0.5, 0.6) is 0 Å². The van der Waals surface area contributed by atoms with Crippen LogP contribution in [0.2, 0.25) is 0 Å². The summed E-state index contributed by atoms with van der Waals surface area (Å²) in [6, 6.07) is 12.3. The Balaban J connectivity index is 1.76. The number of imide groups is 1. The maximum absolute atomic E-state index is 13.1. The third-order valence-corrected chi connectivity index (χ3v) is 5.15. The van der Waals surface area contributed by atoms with Gasteiger partial charge in [0, 0.05) is 23.8 Å². The van der Waals surface area contributed by atoms with Crippen molar-refractivity contribution in [3.63, 3.8) is 0 Å². The Morgan fingerprint density at radius 1 is 1.07 bits per heavy atom. The van der Waals surface area contributed by atoms with Crippen molar-refractivity contribution in [1.82, 2.24) is 9.88 Å². The van der Waals surface area contributed by atoms with Gasteiger partial charge in [-0.3, -0.25) is 24.3 Å². The Morgan fingerprint density at radius 3 is 2.54 bits per heavy atom. The SMILES string of the molecule is CCc1nc2ccccc2c(C(=O)Nc2ccc3c(c2)C(=O)N(C)C3=O)c1C. The number of fused-ring (bicyclic) bond motifs is 2. The zero-order valence-corrected chi connectivity index (χ0v) is 15.9. The Bertz CT molecular complexity index is 1170. The molecule has 0 saturated carbocycles. The largest absolute Gasteiger partial charge is 0.322 e. The molecule has 6 heteroatoms. The van der Waals surface area contributed by atoms with Gasteiger partial charge in [0.15, 0.2) is 0 Å². The van der Waals surface area contributed by atoms with E-state index in [4.69, 9.17) is 0 Å². The fraction of sp³-hybridized carbons (Fsp3) is 0.182. The van der Waals surface area contributed by atoms with Crippen molar-refractivity contribution in [3.05, 3.63) is 70.4 Å². The summed E-state index contributed by atoms with van der Waals surface area (Å²) >= 11 is 0. The first-order valence-corrected chi connectivity index (χ1v) is 9.08. The van der Waals surface area contributed by atoms with E-state index in [1.54, 1.807) is 18.2 Å². The predicted octanol–water partition coefficient (Wildman–Crippen LogP) is 3.58. The number of benzene rings is 2. The lowest BCUT2D eigenvalue weighted by molar-refractivity contribution is 0.0692. The van der Waals surface area contributed by atoms with Crippen LogP contribution in [0.3, 0.4) is 0 Å². The number of hydrogen-bond donors (Lipinski definition) is 1. The van der Waals surface area contributed by atoms with Gasteiger partial charge in [-0.15, -0.1) is 0 Å². The number of hydrogen-bond acceptors (Lipinski definition) is 4. The van der Waals surface area contributed by atoms with Crippen LogP contribution in [0.4, 0.5) is 5.69 Å². The van der Waals surface area contributed by atoms with E-state index in [0.717, 1.165) is 33.5 Å². The van der Waals surface area contributed by atoms with Crippen molar-refractivity contribution < 1.29 is 14.4 Å². The van der Waals surface area contributed by atoms with Crippen molar-refractivity contribution in [2.24, 2.45) is 0 Å². The van der Waals surface area contributed by atoms with Crippen LogP contribution in [0.15, 0.2) is 42.5 Å². The molecule has 1 aromatic heterocycles. The Hall–Kier alpha value is -3.54. The molecule has 2 heterocycles. The van der Waals surface area contributed by atoms with Crippen molar-refractivity contribution >= 4 is 34.3 Å². The quantitative estimate of drug-likeness (QED) is 0.712. The first kappa shape index (κ1) is 17.9. The number of rotatable bonds is 3. The number of carbonyl (C=O) groups is 3. The number of aromatic nitrogens is 1. The van der Waals surface area contributed by atoms with Gasteiger partial charge in [0.2, 0.25) is 0 Å². The van der Waals surface area contributed by atoms with Gasteiger partial charge in [0.25, 0.3) is 17.7 Å². The Kier molecular flexibility index (Phi) is 4.19. The van der Waals surface area contributed by atoms with E-state index in [0.29, 0.717) is 22.4 Å². The summed E-state index contributed by atoms with van der Waals surface area (Å²) in [5, 5.41) is 3.65. The first-order chi connectivity index (χ1) is 13.4. The number of para-hydroxylation sites is 1. The molecule has 140 valence electrons. The van der Waals surface area contributed by atoms with E-state index in [1.165, 1.54) is 7.05 Å². The molecule has 0 fully saturated rings. The second-order valence-corrected chi connectivity index (χ2v) is 6.81. The van der Waals surface area contributed by atoms with E-state index in [-0.39, 0.29) is 17.7 Å². The van der Waals surface area contributed by atoms with Gasteiger partial charge in [0.1, 0.15) is 0 Å². The molecule has 0 bridgehead atoms. The van der Waals surface area contributed by atoms with Crippen LogP contribution in [0, 0.1) is 6.92 Å². The molecule has 0 atom stereocenters. The zero-order chi connectivity index (χ0) is 20.0. The number of aryl methyl sites for hydroxylation is 1. The third-order valence-electron chi connectivity index (χ3n) is 5.15. The monoisotopic (exact) mass is 373 g/mol. The van der Waals surface area contributed by atoms with Crippen molar-refractivity contribution in [1.29, 1.82) is 0 Å². The second-order valence-electron chi connectivity index (χ2n) is 6.81. The standard InChI is InChI=1S/C22H19N3O3/c1-4-17-12(2)19(15-7-5-6-8-18(15)24-17)20(26)23-13-9-10-14-16(11-13)22(28)25(3)21(14)27/h5-11H,4H2,1-3H3,(H,23,26). The molecular weight excluding hydrogens is 354 g/mol. The number of carbonyl (C=O) groups excluding carboxylic acids is 3. The van der Waals surface area contributed by atoms with Crippen molar-refractivity contribution in [3.8, 4) is 0 Å². The van der Waals surface area contributed by atoms with Gasteiger partial charge in [-0.1, -0.05) is 25.1 Å². The van der Waals surface area contributed by atoms with Gasteiger partial charge in [-0.2, -0.15) is 0 Å². The van der Waals surface area contributed by atoms with Gasteiger partial charge in [0.05, 0.1) is 22.2 Å². The Labute approximate surface area is 162 Å². The van der Waals surface area contributed by atoms with Crippen LogP contribution in [0.25, 0.3) is 10.9 Å². The van der Waals surface area contributed by atoms with E-state index in [1.807, 2.05) is 38.1 Å². The highest BCUT2D eigenvalue weighted by molar-refractivity contribution is 6.22. The van der Waals surface area contributed by atoms with E-state index >= 15 is 0 Å². The average molecular weight is 373 g/mol. The molecule has 0 saturated heterocycles. The minimum absolute atomic E-state index is 0.268. The summed E-state index contributed by atoms with van der Waals surface area (Å²) < 4.78 is 0. The number of amides is 3. The molecule has 0 unspecified atom stereocenters.